The Morgan fingerprint density at radius 1 is 1.14 bits per heavy atom. The largest absolute Gasteiger partial charge is 0.497 e. The number of methoxy groups -OCH3 is 1. The first-order valence-corrected chi connectivity index (χ1v) is 9.31. The number of aliphatic imine (C=N–C) groups is 1. The molecule has 0 saturated carbocycles. The number of aromatic nitrogens is 1. The number of guanidine groups is 1. The fourth-order valence-corrected chi connectivity index (χ4v) is 3.28. The number of rotatable bonds is 7. The van der Waals surface area contributed by atoms with Crippen LogP contribution in [0.1, 0.15) is 17.5 Å². The predicted molar refractivity (Wildman–Crippen MR) is 128 cm³/mol. The van der Waals surface area contributed by atoms with Crippen LogP contribution in [0.25, 0.3) is 10.9 Å². The van der Waals surface area contributed by atoms with Crippen LogP contribution < -0.4 is 10.1 Å². The van der Waals surface area contributed by atoms with Gasteiger partial charge < -0.3 is 19.9 Å². The van der Waals surface area contributed by atoms with Crippen LogP contribution >= 0.6 is 24.0 Å². The van der Waals surface area contributed by atoms with Crippen LogP contribution in [-0.2, 0) is 13.0 Å². The van der Waals surface area contributed by atoms with Crippen molar-refractivity contribution in [3.63, 3.8) is 0 Å². The zero-order chi connectivity index (χ0) is 19.1. The van der Waals surface area contributed by atoms with Crippen LogP contribution in [0.15, 0.2) is 59.7 Å². The number of nitrogens with zero attached hydrogens (tertiary/aromatic N) is 2. The molecule has 3 aromatic rings. The molecule has 0 aliphatic rings. The summed E-state index contributed by atoms with van der Waals surface area (Å²) in [6, 6.07) is 16.6. The highest BCUT2D eigenvalue weighted by molar-refractivity contribution is 14.0. The molecule has 0 fully saturated rings. The highest BCUT2D eigenvalue weighted by atomic mass is 127. The molecule has 6 heteroatoms. The Morgan fingerprint density at radius 3 is 2.61 bits per heavy atom. The SMILES string of the molecule is CN=C(NCCCc1c[nH]c2ccccc12)N(C)Cc1ccc(OC)cc1.I. The number of halogens is 1. The second kappa shape index (κ2) is 10.9. The van der Waals surface area contributed by atoms with Crippen LogP contribution in [0, 0.1) is 0 Å². The second-order valence-corrected chi connectivity index (χ2v) is 6.64. The third-order valence-corrected chi connectivity index (χ3v) is 4.73. The molecule has 28 heavy (non-hydrogen) atoms. The number of H-pyrrole nitrogens is 1. The molecule has 0 saturated heterocycles. The van der Waals surface area contributed by atoms with Gasteiger partial charge in [0.2, 0.25) is 0 Å². The van der Waals surface area contributed by atoms with Gasteiger partial charge >= 0.3 is 0 Å². The lowest BCUT2D eigenvalue weighted by Crippen LogP contribution is -2.39. The average molecular weight is 492 g/mol. The van der Waals surface area contributed by atoms with E-state index in [2.05, 4.69) is 69.8 Å². The fourth-order valence-electron chi connectivity index (χ4n) is 3.28. The first kappa shape index (κ1) is 22.1. The van der Waals surface area contributed by atoms with Gasteiger partial charge in [0, 0.05) is 44.3 Å². The molecule has 1 heterocycles. The minimum absolute atomic E-state index is 0. The average Bonchev–Trinajstić information content (AvgIpc) is 3.12. The molecule has 3 rings (SSSR count). The normalized spacial score (nSPS) is 11.2. The second-order valence-electron chi connectivity index (χ2n) is 6.64. The van der Waals surface area contributed by atoms with Crippen LogP contribution in [-0.4, -0.2) is 43.6 Å². The summed E-state index contributed by atoms with van der Waals surface area (Å²) in [5.74, 6) is 1.78. The van der Waals surface area contributed by atoms with E-state index in [0.717, 1.165) is 37.6 Å². The number of aryl methyl sites for hydroxylation is 1. The van der Waals surface area contributed by atoms with Crippen molar-refractivity contribution in [2.45, 2.75) is 19.4 Å². The number of hydrogen-bond donors (Lipinski definition) is 2. The summed E-state index contributed by atoms with van der Waals surface area (Å²) in [6.07, 6.45) is 4.21. The Morgan fingerprint density at radius 2 is 1.89 bits per heavy atom. The van der Waals surface area contributed by atoms with E-state index < -0.39 is 0 Å². The number of nitrogens with one attached hydrogen (secondary N) is 2. The Labute approximate surface area is 184 Å². The summed E-state index contributed by atoms with van der Waals surface area (Å²) < 4.78 is 5.21. The van der Waals surface area contributed by atoms with E-state index in [4.69, 9.17) is 4.74 Å². The van der Waals surface area contributed by atoms with E-state index in [9.17, 15) is 0 Å². The van der Waals surface area contributed by atoms with Crippen LogP contribution in [0.3, 0.4) is 0 Å². The lowest BCUT2D eigenvalue weighted by molar-refractivity contribution is 0.414. The molecule has 1 aromatic heterocycles. The van der Waals surface area contributed by atoms with Gasteiger partial charge in [0.1, 0.15) is 5.75 Å². The van der Waals surface area contributed by atoms with Crippen molar-refractivity contribution in [1.82, 2.24) is 15.2 Å². The van der Waals surface area contributed by atoms with Gasteiger partial charge in [-0.3, -0.25) is 4.99 Å². The van der Waals surface area contributed by atoms with Crippen LogP contribution in [0.2, 0.25) is 0 Å². The Balaban J connectivity index is 0.00000280. The van der Waals surface area contributed by atoms with E-state index in [1.165, 1.54) is 22.0 Å². The maximum absolute atomic E-state index is 5.21. The van der Waals surface area contributed by atoms with Crippen molar-refractivity contribution >= 4 is 40.8 Å². The van der Waals surface area contributed by atoms with Crippen LogP contribution in [0.4, 0.5) is 0 Å². The first-order chi connectivity index (χ1) is 13.2. The quantitative estimate of drug-likeness (QED) is 0.222. The van der Waals surface area contributed by atoms with Gasteiger partial charge in [0.25, 0.3) is 0 Å². The summed E-state index contributed by atoms with van der Waals surface area (Å²) >= 11 is 0. The Bertz CT molecular complexity index is 889. The smallest absolute Gasteiger partial charge is 0.193 e. The van der Waals surface area contributed by atoms with Crippen molar-refractivity contribution < 1.29 is 4.74 Å². The maximum Gasteiger partial charge on any atom is 0.193 e. The molecule has 0 atom stereocenters. The number of hydrogen-bond acceptors (Lipinski definition) is 2. The van der Waals surface area contributed by atoms with Gasteiger partial charge in [-0.2, -0.15) is 0 Å². The minimum Gasteiger partial charge on any atom is -0.497 e. The van der Waals surface area contributed by atoms with E-state index in [1.807, 2.05) is 19.2 Å². The molecular formula is C22H29IN4O. The lowest BCUT2D eigenvalue weighted by Gasteiger charge is -2.22. The van der Waals surface area contributed by atoms with Crippen molar-refractivity contribution in [3.8, 4) is 5.75 Å². The number of fused-ring (bicyclic) bond motifs is 1. The molecule has 0 unspecified atom stereocenters. The molecule has 0 bridgehead atoms. The van der Waals surface area contributed by atoms with Crippen molar-refractivity contribution in [3.05, 3.63) is 65.9 Å². The van der Waals surface area contributed by atoms with Crippen molar-refractivity contribution in [2.24, 2.45) is 4.99 Å². The monoisotopic (exact) mass is 492 g/mol. The molecule has 0 spiro atoms. The summed E-state index contributed by atoms with van der Waals surface area (Å²) in [5, 5.41) is 4.78. The summed E-state index contributed by atoms with van der Waals surface area (Å²) in [5.41, 5.74) is 3.80. The van der Waals surface area contributed by atoms with Crippen molar-refractivity contribution in [1.29, 1.82) is 0 Å². The van der Waals surface area contributed by atoms with Gasteiger partial charge in [-0.1, -0.05) is 30.3 Å². The van der Waals surface area contributed by atoms with E-state index in [1.54, 1.807) is 7.11 Å². The topological polar surface area (TPSA) is 52.7 Å². The minimum atomic E-state index is 0. The number of ether oxygens (including phenoxy) is 1. The van der Waals surface area contributed by atoms with E-state index >= 15 is 0 Å². The number of aromatic amines is 1. The first-order valence-electron chi connectivity index (χ1n) is 9.31. The Kier molecular flexibility index (Phi) is 8.63. The van der Waals surface area contributed by atoms with E-state index in [-0.39, 0.29) is 24.0 Å². The molecule has 0 aliphatic carbocycles. The molecule has 0 amide bonds. The van der Waals surface area contributed by atoms with E-state index in [0.29, 0.717) is 0 Å². The zero-order valence-corrected chi connectivity index (χ0v) is 19.1. The number of para-hydroxylation sites is 1. The predicted octanol–water partition coefficient (Wildman–Crippen LogP) is 4.43. The van der Waals surface area contributed by atoms with Gasteiger partial charge in [-0.15, -0.1) is 24.0 Å². The summed E-state index contributed by atoms with van der Waals surface area (Å²) in [4.78, 5) is 9.88. The molecular weight excluding hydrogens is 463 g/mol. The highest BCUT2D eigenvalue weighted by Crippen LogP contribution is 2.18. The summed E-state index contributed by atoms with van der Waals surface area (Å²) in [7, 11) is 5.56. The Hall–Kier alpha value is -2.22. The molecule has 0 radical (unpaired) electrons. The lowest BCUT2D eigenvalue weighted by atomic mass is 10.1. The third kappa shape index (κ3) is 5.64. The van der Waals surface area contributed by atoms with Gasteiger partial charge in [-0.25, -0.2) is 0 Å². The van der Waals surface area contributed by atoms with Gasteiger partial charge in [0.05, 0.1) is 7.11 Å². The third-order valence-electron chi connectivity index (χ3n) is 4.73. The molecule has 150 valence electrons. The number of benzene rings is 2. The molecule has 2 aromatic carbocycles. The van der Waals surface area contributed by atoms with Crippen LogP contribution in [0.5, 0.6) is 5.75 Å². The maximum atomic E-state index is 5.21. The molecule has 5 nitrogen and oxygen atoms in total. The summed E-state index contributed by atoms with van der Waals surface area (Å²) in [6.45, 7) is 1.69. The van der Waals surface area contributed by atoms with Crippen molar-refractivity contribution in [2.75, 3.05) is 27.7 Å². The van der Waals surface area contributed by atoms with Gasteiger partial charge in [-0.05, 0) is 42.2 Å². The van der Waals surface area contributed by atoms with Gasteiger partial charge in [0.15, 0.2) is 5.96 Å². The highest BCUT2D eigenvalue weighted by Gasteiger charge is 2.07. The zero-order valence-electron chi connectivity index (χ0n) is 16.7. The molecule has 0 aliphatic heterocycles. The fraction of sp³-hybridized carbons (Fsp3) is 0.318. The molecule has 2 N–H and O–H groups in total. The standard InChI is InChI=1S/C22H28N4O.HI/c1-23-22(26(2)16-17-10-12-19(27-3)13-11-17)24-14-6-7-18-15-25-21-9-5-4-8-20(18)21;/h4-5,8-13,15,25H,6-7,14,16H2,1-3H3,(H,23,24);1H.